The Labute approximate surface area is 106 Å². The van der Waals surface area contributed by atoms with Crippen molar-refractivity contribution in [1.29, 1.82) is 0 Å². The molecule has 15 heavy (non-hydrogen) atoms. The van der Waals surface area contributed by atoms with Crippen molar-refractivity contribution in [1.82, 2.24) is 0 Å². The third-order valence-corrected chi connectivity index (χ3v) is 5.17. The van der Waals surface area contributed by atoms with Crippen molar-refractivity contribution >= 4 is 28.3 Å². The molecule has 0 heterocycles. The smallest absolute Gasteiger partial charge is 0.0914 e. The van der Waals surface area contributed by atoms with Crippen LogP contribution in [0.3, 0.4) is 0 Å². The molecule has 2 heteroatoms. The fourth-order valence-electron chi connectivity index (χ4n) is 2.31. The lowest BCUT2D eigenvalue weighted by atomic mass is 9.94. The molecule has 1 aromatic carbocycles. The molecule has 1 aromatic rings. The van der Waals surface area contributed by atoms with Crippen molar-refractivity contribution in [3.8, 4) is 0 Å². The molecular formula is C13H18IN. The lowest BCUT2D eigenvalue weighted by Gasteiger charge is -2.41. The summed E-state index contributed by atoms with van der Waals surface area (Å²) < 4.78 is 0.345. The molecule has 0 radical (unpaired) electrons. The summed E-state index contributed by atoms with van der Waals surface area (Å²) in [6.07, 6.45) is 6.80. The van der Waals surface area contributed by atoms with Crippen molar-refractivity contribution < 1.29 is 0 Å². The molecule has 82 valence electrons. The summed E-state index contributed by atoms with van der Waals surface area (Å²) in [5.41, 5.74) is 1.34. The van der Waals surface area contributed by atoms with Gasteiger partial charge in [0.05, 0.1) is 3.55 Å². The molecule has 0 atom stereocenters. The second-order valence-corrected chi connectivity index (χ2v) is 6.38. The summed E-state index contributed by atoms with van der Waals surface area (Å²) in [6.45, 7) is 0. The molecule has 0 bridgehead atoms. The SMILES string of the molecule is CN(c1ccccc1)C1(I)CCCCC1. The van der Waals surface area contributed by atoms with Gasteiger partial charge in [0.1, 0.15) is 0 Å². The summed E-state index contributed by atoms with van der Waals surface area (Å²) in [5.74, 6) is 0. The quantitative estimate of drug-likeness (QED) is 0.449. The van der Waals surface area contributed by atoms with E-state index >= 15 is 0 Å². The number of alkyl halides is 1. The Hall–Kier alpha value is -0.250. The molecule has 1 saturated carbocycles. The van der Waals surface area contributed by atoms with Gasteiger partial charge in [-0.05, 0) is 25.0 Å². The predicted molar refractivity (Wildman–Crippen MR) is 74.7 cm³/mol. The van der Waals surface area contributed by atoms with Gasteiger partial charge in [0.2, 0.25) is 0 Å². The number of hydrogen-bond donors (Lipinski definition) is 0. The van der Waals surface area contributed by atoms with Crippen LogP contribution in [0.1, 0.15) is 32.1 Å². The van der Waals surface area contributed by atoms with E-state index in [1.807, 2.05) is 0 Å². The highest BCUT2D eigenvalue weighted by Crippen LogP contribution is 2.40. The van der Waals surface area contributed by atoms with Gasteiger partial charge in [0, 0.05) is 12.7 Å². The molecule has 0 spiro atoms. The van der Waals surface area contributed by atoms with Crippen molar-refractivity contribution in [3.05, 3.63) is 30.3 Å². The first kappa shape index (κ1) is 11.2. The zero-order valence-corrected chi connectivity index (χ0v) is 11.4. The highest BCUT2D eigenvalue weighted by Gasteiger charge is 2.32. The molecular weight excluding hydrogens is 297 g/mol. The largest absolute Gasteiger partial charge is 0.360 e. The normalized spacial score (nSPS) is 19.9. The van der Waals surface area contributed by atoms with E-state index in [-0.39, 0.29) is 0 Å². The van der Waals surface area contributed by atoms with Crippen LogP contribution in [0.2, 0.25) is 0 Å². The van der Waals surface area contributed by atoms with Crippen LogP contribution in [-0.2, 0) is 0 Å². The minimum atomic E-state index is 0.345. The maximum atomic E-state index is 2.65. The highest BCUT2D eigenvalue weighted by molar-refractivity contribution is 14.1. The van der Waals surface area contributed by atoms with Gasteiger partial charge in [-0.25, -0.2) is 0 Å². The predicted octanol–water partition coefficient (Wildman–Crippen LogP) is 4.22. The number of nitrogens with zero attached hydrogens (tertiary/aromatic N) is 1. The fourth-order valence-corrected chi connectivity index (χ4v) is 3.35. The number of hydrogen-bond acceptors (Lipinski definition) is 1. The van der Waals surface area contributed by atoms with Crippen LogP contribution in [0, 0.1) is 0 Å². The van der Waals surface area contributed by atoms with Gasteiger partial charge in [0.25, 0.3) is 0 Å². The van der Waals surface area contributed by atoms with E-state index in [4.69, 9.17) is 0 Å². The molecule has 1 aliphatic rings. The molecule has 0 aromatic heterocycles. The van der Waals surface area contributed by atoms with E-state index < -0.39 is 0 Å². The molecule has 0 unspecified atom stereocenters. The number of benzene rings is 1. The van der Waals surface area contributed by atoms with Crippen LogP contribution in [-0.4, -0.2) is 10.6 Å². The monoisotopic (exact) mass is 315 g/mol. The van der Waals surface area contributed by atoms with Crippen LogP contribution in [0.4, 0.5) is 5.69 Å². The summed E-state index contributed by atoms with van der Waals surface area (Å²) in [4.78, 5) is 2.45. The Bertz CT molecular complexity index is 304. The van der Waals surface area contributed by atoms with Gasteiger partial charge in [-0.15, -0.1) is 0 Å². The standard InChI is InChI=1S/C13H18IN/c1-15(12-8-4-2-5-9-12)13(14)10-6-3-7-11-13/h2,4-5,8-9H,3,6-7,10-11H2,1H3. The second kappa shape index (κ2) is 4.73. The molecule has 0 aliphatic heterocycles. The second-order valence-electron chi connectivity index (χ2n) is 4.37. The van der Waals surface area contributed by atoms with Crippen LogP contribution in [0.5, 0.6) is 0 Å². The Morgan fingerprint density at radius 1 is 1.07 bits per heavy atom. The van der Waals surface area contributed by atoms with Crippen LogP contribution >= 0.6 is 22.6 Å². The Morgan fingerprint density at radius 2 is 1.67 bits per heavy atom. The molecule has 1 fully saturated rings. The van der Waals surface area contributed by atoms with E-state index in [0.717, 1.165) is 0 Å². The van der Waals surface area contributed by atoms with Gasteiger partial charge in [-0.2, -0.15) is 0 Å². The first-order chi connectivity index (χ1) is 7.22. The van der Waals surface area contributed by atoms with E-state index in [1.54, 1.807) is 0 Å². The van der Waals surface area contributed by atoms with Gasteiger partial charge in [-0.3, -0.25) is 0 Å². The van der Waals surface area contributed by atoms with E-state index in [0.29, 0.717) is 3.55 Å². The van der Waals surface area contributed by atoms with Crippen molar-refractivity contribution in [2.75, 3.05) is 11.9 Å². The Balaban J connectivity index is 2.16. The molecule has 1 nitrogen and oxygen atoms in total. The average molecular weight is 315 g/mol. The van der Waals surface area contributed by atoms with Crippen molar-refractivity contribution in [2.24, 2.45) is 0 Å². The third kappa shape index (κ3) is 2.47. The van der Waals surface area contributed by atoms with E-state index in [9.17, 15) is 0 Å². The van der Waals surface area contributed by atoms with Crippen LogP contribution in [0.15, 0.2) is 30.3 Å². The maximum Gasteiger partial charge on any atom is 0.0914 e. The minimum absolute atomic E-state index is 0.345. The molecule has 1 aliphatic carbocycles. The first-order valence-corrected chi connectivity index (χ1v) is 6.78. The van der Waals surface area contributed by atoms with Gasteiger partial charge >= 0.3 is 0 Å². The van der Waals surface area contributed by atoms with Gasteiger partial charge in [-0.1, -0.05) is 60.1 Å². The summed E-state index contributed by atoms with van der Waals surface area (Å²) in [6, 6.07) is 10.7. The first-order valence-electron chi connectivity index (χ1n) is 5.70. The summed E-state index contributed by atoms with van der Waals surface area (Å²) in [5, 5.41) is 0. The fraction of sp³-hybridized carbons (Fsp3) is 0.538. The van der Waals surface area contributed by atoms with Crippen LogP contribution in [0.25, 0.3) is 0 Å². The maximum absolute atomic E-state index is 2.65. The average Bonchev–Trinajstić information content (AvgIpc) is 2.30. The lowest BCUT2D eigenvalue weighted by Crippen LogP contribution is -2.42. The van der Waals surface area contributed by atoms with Crippen molar-refractivity contribution in [2.45, 2.75) is 35.6 Å². The van der Waals surface area contributed by atoms with Crippen molar-refractivity contribution in [3.63, 3.8) is 0 Å². The zero-order valence-electron chi connectivity index (χ0n) is 9.25. The molecule has 0 amide bonds. The number of anilines is 1. The lowest BCUT2D eigenvalue weighted by molar-refractivity contribution is 0.411. The topological polar surface area (TPSA) is 3.24 Å². The third-order valence-electron chi connectivity index (χ3n) is 3.36. The summed E-state index contributed by atoms with van der Waals surface area (Å²) >= 11 is 2.65. The number of para-hydroxylation sites is 1. The van der Waals surface area contributed by atoms with Gasteiger partial charge < -0.3 is 4.90 Å². The molecule has 2 rings (SSSR count). The summed E-state index contributed by atoms with van der Waals surface area (Å²) in [7, 11) is 2.23. The molecule has 0 N–H and O–H groups in total. The highest BCUT2D eigenvalue weighted by atomic mass is 127. The number of rotatable bonds is 2. The minimum Gasteiger partial charge on any atom is -0.360 e. The van der Waals surface area contributed by atoms with Crippen LogP contribution < -0.4 is 4.90 Å². The van der Waals surface area contributed by atoms with E-state index in [2.05, 4.69) is 64.9 Å². The molecule has 0 saturated heterocycles. The zero-order chi connectivity index (χ0) is 10.7. The number of halogens is 1. The van der Waals surface area contributed by atoms with Gasteiger partial charge in [0.15, 0.2) is 0 Å². The Morgan fingerprint density at radius 3 is 2.27 bits per heavy atom. The van der Waals surface area contributed by atoms with E-state index in [1.165, 1.54) is 37.8 Å². The Kier molecular flexibility index (Phi) is 3.54.